The van der Waals surface area contributed by atoms with Crippen molar-refractivity contribution in [3.63, 3.8) is 0 Å². The monoisotopic (exact) mass is 388 g/mol. The number of sulfonamides is 1. The van der Waals surface area contributed by atoms with Crippen LogP contribution in [0.15, 0.2) is 41.3 Å². The number of ether oxygens (including phenoxy) is 1. The molecule has 0 heterocycles. The zero-order valence-electron chi connectivity index (χ0n) is 13.3. The molecule has 0 fully saturated rings. The Bertz CT molecular complexity index is 837. The summed E-state index contributed by atoms with van der Waals surface area (Å²) in [5.41, 5.74) is 6.15. The van der Waals surface area contributed by atoms with Crippen molar-refractivity contribution in [3.05, 3.63) is 46.4 Å². The highest BCUT2D eigenvalue weighted by Crippen LogP contribution is 2.35. The lowest BCUT2D eigenvalue weighted by Gasteiger charge is -2.19. The first-order chi connectivity index (χ1) is 11.3. The van der Waals surface area contributed by atoms with Crippen LogP contribution >= 0.6 is 23.2 Å². The lowest BCUT2D eigenvalue weighted by atomic mass is 10.3. The first-order valence-electron chi connectivity index (χ1n) is 7.32. The molecule has 0 bridgehead atoms. The Morgan fingerprint density at radius 1 is 1.04 bits per heavy atom. The Kier molecular flexibility index (Phi) is 5.98. The van der Waals surface area contributed by atoms with E-state index in [1.54, 1.807) is 32.0 Å². The normalized spacial score (nSPS) is 11.7. The molecule has 0 atom stereocenters. The predicted octanol–water partition coefficient (Wildman–Crippen LogP) is 4.40. The van der Waals surface area contributed by atoms with Crippen molar-refractivity contribution < 1.29 is 13.2 Å². The molecule has 0 aliphatic carbocycles. The molecule has 0 radical (unpaired) electrons. The van der Waals surface area contributed by atoms with E-state index in [0.29, 0.717) is 34.6 Å². The van der Waals surface area contributed by atoms with E-state index in [9.17, 15) is 8.42 Å². The number of benzene rings is 2. The van der Waals surface area contributed by atoms with Crippen LogP contribution in [0, 0.1) is 0 Å². The topological polar surface area (TPSA) is 72.6 Å². The van der Waals surface area contributed by atoms with Crippen LogP contribution in [0.4, 0.5) is 5.69 Å². The summed E-state index contributed by atoms with van der Waals surface area (Å²) in [7, 11) is -3.57. The maximum absolute atomic E-state index is 12.5. The van der Waals surface area contributed by atoms with Crippen LogP contribution in [0.1, 0.15) is 13.8 Å². The van der Waals surface area contributed by atoms with E-state index in [4.69, 9.17) is 33.7 Å². The van der Waals surface area contributed by atoms with Gasteiger partial charge >= 0.3 is 0 Å². The largest absolute Gasteiger partial charge is 0.454 e. The van der Waals surface area contributed by atoms with E-state index in [2.05, 4.69) is 0 Å². The molecule has 0 aliphatic heterocycles. The summed E-state index contributed by atoms with van der Waals surface area (Å²) < 4.78 is 32.0. The van der Waals surface area contributed by atoms with E-state index < -0.39 is 10.0 Å². The van der Waals surface area contributed by atoms with Gasteiger partial charge in [-0.05, 0) is 36.4 Å². The third kappa shape index (κ3) is 3.95. The van der Waals surface area contributed by atoms with E-state index in [-0.39, 0.29) is 10.6 Å². The highest BCUT2D eigenvalue weighted by molar-refractivity contribution is 7.89. The molecule has 0 unspecified atom stereocenters. The fraction of sp³-hybridized carbons (Fsp3) is 0.250. The highest BCUT2D eigenvalue weighted by Gasteiger charge is 2.22. The number of hydrogen-bond donors (Lipinski definition) is 1. The van der Waals surface area contributed by atoms with Gasteiger partial charge in [0.25, 0.3) is 0 Å². The van der Waals surface area contributed by atoms with Gasteiger partial charge in [-0.3, -0.25) is 0 Å². The molecule has 0 aromatic heterocycles. The van der Waals surface area contributed by atoms with Gasteiger partial charge in [-0.2, -0.15) is 4.31 Å². The van der Waals surface area contributed by atoms with Crippen LogP contribution in [0.25, 0.3) is 0 Å². The summed E-state index contributed by atoms with van der Waals surface area (Å²) in [6, 6.07) is 9.16. The van der Waals surface area contributed by atoms with Crippen molar-refractivity contribution >= 4 is 38.9 Å². The van der Waals surface area contributed by atoms with Crippen LogP contribution in [0.3, 0.4) is 0 Å². The second kappa shape index (κ2) is 7.61. The summed E-state index contributed by atoms with van der Waals surface area (Å²) in [5, 5.41) is 0.822. The molecule has 130 valence electrons. The van der Waals surface area contributed by atoms with Gasteiger partial charge in [0.15, 0.2) is 0 Å². The average molecular weight is 389 g/mol. The predicted molar refractivity (Wildman–Crippen MR) is 97.5 cm³/mol. The van der Waals surface area contributed by atoms with E-state index in [0.717, 1.165) is 0 Å². The molecular weight excluding hydrogens is 371 g/mol. The van der Waals surface area contributed by atoms with Crippen LogP contribution in [0.5, 0.6) is 11.5 Å². The summed E-state index contributed by atoms with van der Waals surface area (Å²) in [4.78, 5) is 0.123. The van der Waals surface area contributed by atoms with Gasteiger partial charge in [-0.25, -0.2) is 8.42 Å². The number of nitrogens with zero attached hydrogens (tertiary/aromatic N) is 1. The number of nitrogen functional groups attached to an aromatic ring is 1. The van der Waals surface area contributed by atoms with Crippen molar-refractivity contribution in [2.24, 2.45) is 0 Å². The second-order valence-corrected chi connectivity index (χ2v) is 7.75. The van der Waals surface area contributed by atoms with Gasteiger partial charge in [0.05, 0.1) is 15.6 Å². The van der Waals surface area contributed by atoms with E-state index in [1.807, 2.05) is 0 Å². The van der Waals surface area contributed by atoms with E-state index in [1.165, 1.54) is 22.5 Å². The van der Waals surface area contributed by atoms with Crippen molar-refractivity contribution in [3.8, 4) is 11.5 Å². The molecular formula is C16H18Cl2N2O3S. The molecule has 0 aliphatic rings. The van der Waals surface area contributed by atoms with Crippen LogP contribution in [0.2, 0.25) is 10.0 Å². The number of anilines is 1. The quantitative estimate of drug-likeness (QED) is 0.744. The number of halogens is 2. The molecule has 24 heavy (non-hydrogen) atoms. The third-order valence-electron chi connectivity index (χ3n) is 3.44. The first-order valence-corrected chi connectivity index (χ1v) is 9.51. The zero-order valence-corrected chi connectivity index (χ0v) is 15.6. The molecule has 5 nitrogen and oxygen atoms in total. The maximum atomic E-state index is 12.5. The van der Waals surface area contributed by atoms with Crippen molar-refractivity contribution in [1.82, 2.24) is 4.31 Å². The summed E-state index contributed by atoms with van der Waals surface area (Å²) in [6.45, 7) is 4.34. The minimum Gasteiger partial charge on any atom is -0.454 e. The average Bonchev–Trinajstić information content (AvgIpc) is 2.52. The van der Waals surface area contributed by atoms with Crippen molar-refractivity contribution in [2.45, 2.75) is 18.7 Å². The molecule has 0 spiro atoms. The lowest BCUT2D eigenvalue weighted by Crippen LogP contribution is -2.30. The zero-order chi connectivity index (χ0) is 17.9. The number of hydrogen-bond acceptors (Lipinski definition) is 4. The molecule has 2 N–H and O–H groups in total. The molecule has 2 aromatic carbocycles. The highest BCUT2D eigenvalue weighted by atomic mass is 35.5. The van der Waals surface area contributed by atoms with Gasteiger partial charge in [0.2, 0.25) is 10.0 Å². The first kappa shape index (κ1) is 18.9. The Labute approximate surface area is 152 Å². The Morgan fingerprint density at radius 3 is 2.21 bits per heavy atom. The van der Waals surface area contributed by atoms with Gasteiger partial charge < -0.3 is 10.5 Å². The fourth-order valence-corrected chi connectivity index (χ4v) is 4.11. The van der Waals surface area contributed by atoms with Crippen LogP contribution in [-0.2, 0) is 10.0 Å². The number of nitrogens with two attached hydrogens (primary N) is 1. The SMILES string of the molecule is CCN(CC)S(=O)(=O)c1ccc(Oc2ccc(Cl)cc2Cl)c(N)c1. The van der Waals surface area contributed by atoms with Crippen molar-refractivity contribution in [2.75, 3.05) is 18.8 Å². The minimum atomic E-state index is -3.57. The summed E-state index contributed by atoms with van der Waals surface area (Å²) >= 11 is 11.9. The molecule has 0 saturated heterocycles. The third-order valence-corrected chi connectivity index (χ3v) is 6.01. The number of rotatable bonds is 6. The lowest BCUT2D eigenvalue weighted by molar-refractivity contribution is 0.445. The fourth-order valence-electron chi connectivity index (χ4n) is 2.17. The standard InChI is InChI=1S/C16H18Cl2N2O3S/c1-3-20(4-2)24(21,22)12-6-8-16(14(19)10-12)23-15-7-5-11(17)9-13(15)18/h5-10H,3-4,19H2,1-2H3. The Morgan fingerprint density at radius 2 is 1.67 bits per heavy atom. The van der Waals surface area contributed by atoms with Crippen LogP contribution < -0.4 is 10.5 Å². The van der Waals surface area contributed by atoms with Crippen LogP contribution in [-0.4, -0.2) is 25.8 Å². The molecule has 0 saturated carbocycles. The Hall–Kier alpha value is -1.47. The van der Waals surface area contributed by atoms with Gasteiger partial charge in [0, 0.05) is 18.1 Å². The van der Waals surface area contributed by atoms with Crippen molar-refractivity contribution in [1.29, 1.82) is 0 Å². The van der Waals surface area contributed by atoms with Gasteiger partial charge in [0.1, 0.15) is 11.5 Å². The van der Waals surface area contributed by atoms with Gasteiger partial charge in [-0.15, -0.1) is 0 Å². The molecule has 8 heteroatoms. The van der Waals surface area contributed by atoms with Gasteiger partial charge in [-0.1, -0.05) is 37.0 Å². The second-order valence-electron chi connectivity index (χ2n) is 4.97. The summed E-state index contributed by atoms with van der Waals surface area (Å²) in [5.74, 6) is 0.699. The maximum Gasteiger partial charge on any atom is 0.243 e. The molecule has 0 amide bonds. The molecule has 2 aromatic rings. The van der Waals surface area contributed by atoms with E-state index >= 15 is 0 Å². The smallest absolute Gasteiger partial charge is 0.243 e. The Balaban J connectivity index is 2.33. The molecule has 2 rings (SSSR count). The minimum absolute atomic E-state index is 0.123. The summed E-state index contributed by atoms with van der Waals surface area (Å²) in [6.07, 6.45) is 0.